The van der Waals surface area contributed by atoms with Crippen LogP contribution in [0.4, 0.5) is 4.79 Å². The fraction of sp³-hybridized carbons (Fsp3) is 0.588. The molecule has 1 aromatic carbocycles. The molecule has 0 radical (unpaired) electrons. The third-order valence-electron chi connectivity index (χ3n) is 4.47. The Morgan fingerprint density at radius 3 is 2.79 bits per heavy atom. The molecule has 0 aliphatic carbocycles. The number of hydrogen-bond acceptors (Lipinski definition) is 5. The summed E-state index contributed by atoms with van der Waals surface area (Å²) in [6.45, 7) is 2.75. The number of fused-ring (bicyclic) bond motifs is 1. The van der Waals surface area contributed by atoms with Gasteiger partial charge in [0.25, 0.3) is 0 Å². The molecule has 2 amide bonds. The molecular formula is C17H25N3O4. The molecule has 0 atom stereocenters. The number of nitrogens with zero attached hydrogens (tertiary/aromatic N) is 2. The van der Waals surface area contributed by atoms with Gasteiger partial charge >= 0.3 is 6.03 Å². The van der Waals surface area contributed by atoms with E-state index in [2.05, 4.69) is 24.3 Å². The maximum atomic E-state index is 12.1. The minimum atomic E-state index is -0.0125. The molecule has 0 unspecified atom stereocenters. The molecule has 7 nitrogen and oxygen atoms in total. The van der Waals surface area contributed by atoms with Crippen LogP contribution in [0.15, 0.2) is 18.2 Å². The highest BCUT2D eigenvalue weighted by Gasteiger charge is 2.23. The summed E-state index contributed by atoms with van der Waals surface area (Å²) in [5.41, 5.74) is 0. The van der Waals surface area contributed by atoms with Crippen molar-refractivity contribution in [2.24, 2.45) is 0 Å². The zero-order valence-corrected chi connectivity index (χ0v) is 14.3. The SMILES string of the molecule is CN(C)C1CCN(C(=O)NCCOc2ccc3c(c2)OCO3)CC1. The van der Waals surface area contributed by atoms with Crippen molar-refractivity contribution in [3.8, 4) is 17.2 Å². The predicted molar refractivity (Wildman–Crippen MR) is 89.7 cm³/mol. The van der Waals surface area contributed by atoms with Crippen LogP contribution < -0.4 is 19.5 Å². The van der Waals surface area contributed by atoms with Gasteiger partial charge in [0, 0.05) is 25.2 Å². The van der Waals surface area contributed by atoms with Crippen LogP contribution in [0.1, 0.15) is 12.8 Å². The van der Waals surface area contributed by atoms with Gasteiger partial charge in [0.15, 0.2) is 11.5 Å². The molecule has 2 heterocycles. The molecule has 7 heteroatoms. The van der Waals surface area contributed by atoms with E-state index in [1.54, 1.807) is 6.07 Å². The normalized spacial score (nSPS) is 17.2. The van der Waals surface area contributed by atoms with E-state index in [1.807, 2.05) is 17.0 Å². The molecule has 2 aliphatic heterocycles. The Kier molecular flexibility index (Phi) is 5.30. The molecule has 2 aliphatic rings. The molecule has 132 valence electrons. The first kappa shape index (κ1) is 16.7. The first-order chi connectivity index (χ1) is 11.6. The molecule has 3 rings (SSSR count). The standard InChI is InChI=1S/C17H25N3O4/c1-19(2)13-5-8-20(9-6-13)17(21)18-7-10-22-14-3-4-15-16(11-14)24-12-23-15/h3-4,11,13H,5-10,12H2,1-2H3,(H,18,21). The van der Waals surface area contributed by atoms with Crippen LogP contribution in [0.5, 0.6) is 17.2 Å². The summed E-state index contributed by atoms with van der Waals surface area (Å²) in [5.74, 6) is 2.14. The van der Waals surface area contributed by atoms with Crippen molar-refractivity contribution in [3.63, 3.8) is 0 Å². The summed E-state index contributed by atoms with van der Waals surface area (Å²) in [5, 5.41) is 2.91. The Balaban J connectivity index is 1.35. The van der Waals surface area contributed by atoms with Gasteiger partial charge in [-0.3, -0.25) is 0 Å². The average Bonchev–Trinajstić information content (AvgIpc) is 3.06. The summed E-state index contributed by atoms with van der Waals surface area (Å²) in [6.07, 6.45) is 2.04. The smallest absolute Gasteiger partial charge is 0.317 e. The Labute approximate surface area is 142 Å². The molecule has 1 N–H and O–H groups in total. The van der Waals surface area contributed by atoms with Gasteiger partial charge < -0.3 is 29.3 Å². The van der Waals surface area contributed by atoms with Gasteiger partial charge in [-0.1, -0.05) is 0 Å². The Morgan fingerprint density at radius 1 is 1.29 bits per heavy atom. The minimum absolute atomic E-state index is 0.0125. The Bertz CT molecular complexity index is 571. The van der Waals surface area contributed by atoms with E-state index in [0.717, 1.165) is 31.7 Å². The first-order valence-corrected chi connectivity index (χ1v) is 8.35. The number of carbonyl (C=O) groups excluding carboxylic acids is 1. The molecule has 24 heavy (non-hydrogen) atoms. The lowest BCUT2D eigenvalue weighted by molar-refractivity contribution is 0.147. The van der Waals surface area contributed by atoms with E-state index in [0.29, 0.717) is 30.7 Å². The largest absolute Gasteiger partial charge is 0.492 e. The van der Waals surface area contributed by atoms with Gasteiger partial charge in [-0.05, 0) is 39.1 Å². The predicted octanol–water partition coefficient (Wildman–Crippen LogP) is 1.53. The number of ether oxygens (including phenoxy) is 3. The van der Waals surface area contributed by atoms with Crippen LogP contribution in [0.3, 0.4) is 0 Å². The maximum Gasteiger partial charge on any atom is 0.317 e. The van der Waals surface area contributed by atoms with Crippen molar-refractivity contribution in [1.82, 2.24) is 15.1 Å². The lowest BCUT2D eigenvalue weighted by Gasteiger charge is -2.35. The van der Waals surface area contributed by atoms with Gasteiger partial charge in [-0.2, -0.15) is 0 Å². The van der Waals surface area contributed by atoms with Crippen molar-refractivity contribution in [3.05, 3.63) is 18.2 Å². The highest BCUT2D eigenvalue weighted by Crippen LogP contribution is 2.34. The summed E-state index contributed by atoms with van der Waals surface area (Å²) < 4.78 is 16.2. The van der Waals surface area contributed by atoms with Gasteiger partial charge in [0.05, 0.1) is 6.54 Å². The van der Waals surface area contributed by atoms with Crippen molar-refractivity contribution >= 4 is 6.03 Å². The second-order valence-electron chi connectivity index (χ2n) is 6.28. The topological polar surface area (TPSA) is 63.3 Å². The van der Waals surface area contributed by atoms with Crippen molar-refractivity contribution < 1.29 is 19.0 Å². The van der Waals surface area contributed by atoms with E-state index in [-0.39, 0.29) is 12.8 Å². The lowest BCUT2D eigenvalue weighted by atomic mass is 10.0. The van der Waals surface area contributed by atoms with Crippen LogP contribution in [0.25, 0.3) is 0 Å². The van der Waals surface area contributed by atoms with Crippen LogP contribution in [0.2, 0.25) is 0 Å². The molecule has 0 bridgehead atoms. The second kappa shape index (κ2) is 7.61. The third-order valence-corrected chi connectivity index (χ3v) is 4.47. The number of carbonyl (C=O) groups is 1. The lowest BCUT2D eigenvalue weighted by Crippen LogP contribution is -2.48. The highest BCUT2D eigenvalue weighted by molar-refractivity contribution is 5.74. The molecule has 0 saturated carbocycles. The zero-order chi connectivity index (χ0) is 16.9. The zero-order valence-electron chi connectivity index (χ0n) is 14.3. The monoisotopic (exact) mass is 335 g/mol. The van der Waals surface area contributed by atoms with Crippen molar-refractivity contribution in [2.75, 3.05) is 47.1 Å². The summed E-state index contributed by atoms with van der Waals surface area (Å²) in [6, 6.07) is 6.02. The molecular weight excluding hydrogens is 310 g/mol. The fourth-order valence-electron chi connectivity index (χ4n) is 2.99. The molecule has 0 aromatic heterocycles. The average molecular weight is 335 g/mol. The quantitative estimate of drug-likeness (QED) is 0.827. The molecule has 0 spiro atoms. The van der Waals surface area contributed by atoms with E-state index in [1.165, 1.54) is 0 Å². The number of benzene rings is 1. The van der Waals surface area contributed by atoms with E-state index in [9.17, 15) is 4.79 Å². The van der Waals surface area contributed by atoms with Crippen LogP contribution in [-0.4, -0.2) is 69.0 Å². The molecule has 1 fully saturated rings. The van der Waals surface area contributed by atoms with Gasteiger partial charge in [0.1, 0.15) is 12.4 Å². The number of hydrogen-bond donors (Lipinski definition) is 1. The van der Waals surface area contributed by atoms with Gasteiger partial charge in [-0.15, -0.1) is 0 Å². The first-order valence-electron chi connectivity index (χ1n) is 8.35. The maximum absolute atomic E-state index is 12.1. The van der Waals surface area contributed by atoms with Crippen LogP contribution in [0, 0.1) is 0 Å². The third kappa shape index (κ3) is 4.03. The van der Waals surface area contributed by atoms with Crippen LogP contribution in [-0.2, 0) is 0 Å². The summed E-state index contributed by atoms with van der Waals surface area (Å²) >= 11 is 0. The summed E-state index contributed by atoms with van der Waals surface area (Å²) in [7, 11) is 4.18. The number of amides is 2. The second-order valence-corrected chi connectivity index (χ2v) is 6.28. The number of rotatable bonds is 5. The Morgan fingerprint density at radius 2 is 2.04 bits per heavy atom. The number of likely N-dealkylation sites (tertiary alicyclic amines) is 1. The number of piperidine rings is 1. The van der Waals surface area contributed by atoms with Crippen LogP contribution >= 0.6 is 0 Å². The van der Waals surface area contributed by atoms with Crippen molar-refractivity contribution in [2.45, 2.75) is 18.9 Å². The fourth-order valence-corrected chi connectivity index (χ4v) is 2.99. The van der Waals surface area contributed by atoms with E-state index < -0.39 is 0 Å². The Hall–Kier alpha value is -2.15. The number of nitrogens with one attached hydrogen (secondary N) is 1. The molecule has 1 saturated heterocycles. The number of urea groups is 1. The summed E-state index contributed by atoms with van der Waals surface area (Å²) in [4.78, 5) is 16.3. The molecule has 1 aromatic rings. The van der Waals surface area contributed by atoms with Gasteiger partial charge in [-0.25, -0.2) is 4.79 Å². The van der Waals surface area contributed by atoms with E-state index in [4.69, 9.17) is 14.2 Å². The minimum Gasteiger partial charge on any atom is -0.492 e. The van der Waals surface area contributed by atoms with Gasteiger partial charge in [0.2, 0.25) is 6.79 Å². The van der Waals surface area contributed by atoms with E-state index >= 15 is 0 Å². The van der Waals surface area contributed by atoms with Crippen molar-refractivity contribution in [1.29, 1.82) is 0 Å². The highest BCUT2D eigenvalue weighted by atomic mass is 16.7.